The predicted octanol–water partition coefficient (Wildman–Crippen LogP) is 4.07. The molecule has 5 heterocycles. The van der Waals surface area contributed by atoms with E-state index in [-0.39, 0.29) is 23.8 Å². The summed E-state index contributed by atoms with van der Waals surface area (Å²) >= 11 is 1.42. The van der Waals surface area contributed by atoms with E-state index in [9.17, 15) is 9.18 Å². The summed E-state index contributed by atoms with van der Waals surface area (Å²) in [6.07, 6.45) is 5.21. The third-order valence-corrected chi connectivity index (χ3v) is 8.12. The molecule has 1 aliphatic carbocycles. The van der Waals surface area contributed by atoms with Crippen LogP contribution in [0.5, 0.6) is 0 Å². The number of benzene rings is 1. The number of thiazole rings is 1. The number of rotatable bonds is 5. The molecular weight excluding hydrogens is 453 g/mol. The van der Waals surface area contributed by atoms with Crippen LogP contribution in [0.2, 0.25) is 0 Å². The molecule has 4 aromatic rings. The van der Waals surface area contributed by atoms with Gasteiger partial charge in [-0.25, -0.2) is 14.4 Å². The van der Waals surface area contributed by atoms with Gasteiger partial charge in [0.15, 0.2) is 10.8 Å². The first-order valence-corrected chi connectivity index (χ1v) is 12.3. The van der Waals surface area contributed by atoms with Crippen molar-refractivity contribution >= 4 is 32.6 Å². The van der Waals surface area contributed by atoms with E-state index >= 15 is 0 Å². The highest BCUT2D eigenvalue weighted by atomic mass is 32.1. The highest BCUT2D eigenvalue weighted by Gasteiger charge is 2.51. The summed E-state index contributed by atoms with van der Waals surface area (Å²) in [5, 5.41) is 12.6. The maximum atomic E-state index is 14.0. The Bertz CT molecular complexity index is 1370. The Morgan fingerprint density at radius 3 is 2.76 bits per heavy atom. The summed E-state index contributed by atoms with van der Waals surface area (Å²) in [5.74, 6) is 0.588. The smallest absolute Gasteiger partial charge is 0.275 e. The first-order chi connectivity index (χ1) is 16.5. The maximum Gasteiger partial charge on any atom is 0.275 e. The molecule has 1 aromatic carbocycles. The van der Waals surface area contributed by atoms with Crippen LogP contribution < -0.4 is 5.32 Å². The minimum absolute atomic E-state index is 0.00510. The van der Waals surface area contributed by atoms with Gasteiger partial charge in [0.1, 0.15) is 11.5 Å². The molecule has 1 unspecified atom stereocenters. The summed E-state index contributed by atoms with van der Waals surface area (Å²) in [4.78, 5) is 26.6. The van der Waals surface area contributed by atoms with Gasteiger partial charge in [0.25, 0.3) is 5.91 Å². The van der Waals surface area contributed by atoms with Crippen LogP contribution >= 0.6 is 11.3 Å². The Balaban J connectivity index is 1.30. The van der Waals surface area contributed by atoms with Gasteiger partial charge in [-0.15, -0.1) is 4.80 Å². The van der Waals surface area contributed by atoms with E-state index in [1.54, 1.807) is 18.5 Å². The first-order valence-electron chi connectivity index (χ1n) is 11.4. The average molecular weight is 478 g/mol. The van der Waals surface area contributed by atoms with Gasteiger partial charge < -0.3 is 10.2 Å². The zero-order valence-corrected chi connectivity index (χ0v) is 19.7. The van der Waals surface area contributed by atoms with Crippen molar-refractivity contribution in [2.24, 2.45) is 11.8 Å². The molecule has 174 valence electrons. The number of aromatic nitrogens is 5. The Morgan fingerprint density at radius 1 is 1.18 bits per heavy atom. The fraction of sp³-hybridized carbons (Fsp3) is 0.375. The van der Waals surface area contributed by atoms with E-state index in [2.05, 4.69) is 32.4 Å². The van der Waals surface area contributed by atoms with E-state index in [1.165, 1.54) is 28.3 Å². The van der Waals surface area contributed by atoms with Crippen molar-refractivity contribution in [2.45, 2.75) is 38.8 Å². The number of carbonyl (C=O) groups is 1. The number of halogens is 1. The van der Waals surface area contributed by atoms with Crippen LogP contribution in [0.4, 0.5) is 9.52 Å². The SMILES string of the molecule is Cc1ccc(-n2nccn2)c(C(=O)N2C3CC(C3)[C@@H](C)C2CNc2nc3ccc(F)cc3s2)n1. The fourth-order valence-electron chi connectivity index (χ4n) is 5.22. The normalized spacial score (nSPS) is 23.7. The Labute approximate surface area is 199 Å². The van der Waals surface area contributed by atoms with E-state index in [0.29, 0.717) is 29.8 Å². The van der Waals surface area contributed by atoms with Crippen LogP contribution in [-0.4, -0.2) is 54.4 Å². The third kappa shape index (κ3) is 3.53. The highest BCUT2D eigenvalue weighted by Crippen LogP contribution is 2.47. The second-order valence-corrected chi connectivity index (χ2v) is 10.2. The van der Waals surface area contributed by atoms with Crippen molar-refractivity contribution in [2.75, 3.05) is 11.9 Å². The lowest BCUT2D eigenvalue weighted by Crippen LogP contribution is -2.64. The minimum atomic E-state index is -0.270. The second-order valence-electron chi connectivity index (χ2n) is 9.18. The van der Waals surface area contributed by atoms with Crippen molar-refractivity contribution in [3.63, 3.8) is 0 Å². The number of amides is 1. The molecule has 7 rings (SSSR count). The lowest BCUT2D eigenvalue weighted by atomic mass is 9.64. The summed E-state index contributed by atoms with van der Waals surface area (Å²) in [5.41, 5.74) is 2.48. The standard InChI is InChI=1S/C24H24FN7OS/c1-13-3-6-19(32-27-7-8-28-32)22(29-13)23(33)31-17-9-15(10-17)14(2)20(31)12-26-24-30-18-5-4-16(25)11-21(18)34-24/h3-8,11,14-15,17,20H,9-10,12H2,1-2H3,(H,26,30)/t14-,15?,17?,20?/m1/s1. The van der Waals surface area contributed by atoms with Gasteiger partial charge in [0, 0.05) is 18.3 Å². The molecule has 10 heteroatoms. The summed E-state index contributed by atoms with van der Waals surface area (Å²) in [6, 6.07) is 8.52. The van der Waals surface area contributed by atoms with Gasteiger partial charge in [0.2, 0.25) is 0 Å². The minimum Gasteiger partial charge on any atom is -0.359 e. The number of pyridine rings is 1. The van der Waals surface area contributed by atoms with E-state index in [1.807, 2.05) is 24.0 Å². The molecule has 8 nitrogen and oxygen atoms in total. The number of nitrogens with one attached hydrogen (secondary N) is 1. The fourth-order valence-corrected chi connectivity index (χ4v) is 6.12. The number of nitrogens with zero attached hydrogens (tertiary/aromatic N) is 6. The highest BCUT2D eigenvalue weighted by molar-refractivity contribution is 7.22. The molecule has 2 atom stereocenters. The number of piperidine rings is 2. The average Bonchev–Trinajstić information content (AvgIpc) is 3.46. The number of aryl methyl sites for hydroxylation is 1. The number of hydrogen-bond donors (Lipinski definition) is 1. The molecule has 2 saturated heterocycles. The number of fused-ring (bicyclic) bond motifs is 3. The summed E-state index contributed by atoms with van der Waals surface area (Å²) < 4.78 is 14.4. The van der Waals surface area contributed by atoms with Gasteiger partial charge in [-0.05, 0) is 61.9 Å². The topological polar surface area (TPSA) is 88.8 Å². The van der Waals surface area contributed by atoms with Gasteiger partial charge in [-0.2, -0.15) is 10.2 Å². The molecular formula is C24H24FN7OS. The zero-order valence-electron chi connectivity index (χ0n) is 18.8. The molecule has 3 fully saturated rings. The van der Waals surface area contributed by atoms with E-state index < -0.39 is 0 Å². The van der Waals surface area contributed by atoms with Gasteiger partial charge >= 0.3 is 0 Å². The van der Waals surface area contributed by atoms with Crippen molar-refractivity contribution in [3.8, 4) is 5.69 Å². The van der Waals surface area contributed by atoms with Crippen LogP contribution in [0.25, 0.3) is 15.9 Å². The molecule has 0 spiro atoms. The molecule has 3 aromatic heterocycles. The molecule has 2 bridgehead atoms. The quantitative estimate of drug-likeness (QED) is 0.466. The van der Waals surface area contributed by atoms with Gasteiger partial charge in [-0.1, -0.05) is 18.3 Å². The summed E-state index contributed by atoms with van der Waals surface area (Å²) in [7, 11) is 0. The van der Waals surface area contributed by atoms with Crippen LogP contribution in [0.15, 0.2) is 42.7 Å². The van der Waals surface area contributed by atoms with Crippen LogP contribution in [0.1, 0.15) is 35.9 Å². The first kappa shape index (κ1) is 21.2. The Kier molecular flexibility index (Phi) is 5.05. The van der Waals surface area contributed by atoms with Crippen LogP contribution in [-0.2, 0) is 0 Å². The van der Waals surface area contributed by atoms with Crippen molar-refractivity contribution < 1.29 is 9.18 Å². The summed E-state index contributed by atoms with van der Waals surface area (Å²) in [6.45, 7) is 4.67. The molecule has 34 heavy (non-hydrogen) atoms. The zero-order chi connectivity index (χ0) is 23.4. The number of carbonyl (C=O) groups excluding carboxylic acids is 1. The van der Waals surface area contributed by atoms with Crippen LogP contribution in [0, 0.1) is 24.6 Å². The maximum absolute atomic E-state index is 14.0. The Hall–Kier alpha value is -3.40. The van der Waals surface area contributed by atoms with Crippen molar-refractivity contribution in [1.82, 2.24) is 29.9 Å². The predicted molar refractivity (Wildman–Crippen MR) is 128 cm³/mol. The molecule has 1 amide bonds. The number of hydrogen-bond acceptors (Lipinski definition) is 7. The lowest BCUT2D eigenvalue weighted by molar-refractivity contribution is -0.0505. The largest absolute Gasteiger partial charge is 0.359 e. The monoisotopic (exact) mass is 477 g/mol. The third-order valence-electron chi connectivity index (χ3n) is 7.15. The van der Waals surface area contributed by atoms with Crippen LogP contribution in [0.3, 0.4) is 0 Å². The van der Waals surface area contributed by atoms with Gasteiger partial charge in [0.05, 0.1) is 28.7 Å². The second kappa shape index (κ2) is 8.12. The van der Waals surface area contributed by atoms with Crippen molar-refractivity contribution in [3.05, 3.63) is 59.9 Å². The lowest BCUT2D eigenvalue weighted by Gasteiger charge is -2.57. The number of anilines is 1. The Morgan fingerprint density at radius 2 is 1.97 bits per heavy atom. The van der Waals surface area contributed by atoms with E-state index in [4.69, 9.17) is 0 Å². The van der Waals surface area contributed by atoms with E-state index in [0.717, 1.165) is 33.9 Å². The molecule has 1 N–H and O–H groups in total. The molecule has 2 aliphatic heterocycles. The van der Waals surface area contributed by atoms with Gasteiger partial charge in [-0.3, -0.25) is 4.79 Å². The molecule has 0 radical (unpaired) electrons. The van der Waals surface area contributed by atoms with Crippen molar-refractivity contribution in [1.29, 1.82) is 0 Å². The molecule has 3 aliphatic rings. The molecule has 1 saturated carbocycles.